The van der Waals surface area contributed by atoms with Crippen LogP contribution in [0.2, 0.25) is 0 Å². The van der Waals surface area contributed by atoms with Crippen LogP contribution in [0.5, 0.6) is 0 Å². The molecule has 0 aliphatic carbocycles. The van der Waals surface area contributed by atoms with Crippen LogP contribution in [0.4, 0.5) is 0 Å². The number of hydrogen-bond acceptors (Lipinski definition) is 4. The van der Waals surface area contributed by atoms with Crippen LogP contribution < -0.4 is 0 Å². The summed E-state index contributed by atoms with van der Waals surface area (Å²) in [7, 11) is 0. The van der Waals surface area contributed by atoms with Crippen molar-refractivity contribution in [1.82, 2.24) is 9.80 Å². The predicted octanol–water partition coefficient (Wildman–Crippen LogP) is 2.85. The topological polar surface area (TPSA) is 53.0 Å². The third-order valence-corrected chi connectivity index (χ3v) is 6.67. The first-order chi connectivity index (χ1) is 12.9. The number of nitrogens with zero attached hydrogens (tertiary/aromatic N) is 3. The fraction of sp³-hybridized carbons (Fsp3) is 0.400. The minimum Gasteiger partial charge on any atom is -0.338 e. The average molecular weight is 400 g/mol. The fourth-order valence-electron chi connectivity index (χ4n) is 3.71. The number of amides is 2. The molecule has 0 bridgehead atoms. The first-order valence-corrected chi connectivity index (χ1v) is 10.4. The maximum atomic E-state index is 12.7. The van der Waals surface area contributed by atoms with E-state index in [1.54, 1.807) is 4.90 Å². The second-order valence-electron chi connectivity index (χ2n) is 7.35. The summed E-state index contributed by atoms with van der Waals surface area (Å²) < 4.78 is 0. The van der Waals surface area contributed by atoms with Gasteiger partial charge in [-0.05, 0) is 54.2 Å². The summed E-state index contributed by atoms with van der Waals surface area (Å²) in [5, 5.41) is 1.93. The molecule has 0 N–H and O–H groups in total. The highest BCUT2D eigenvalue weighted by molar-refractivity contribution is 8.04. The minimum atomic E-state index is -0.277. The molecule has 0 aromatic heterocycles. The molecule has 1 saturated heterocycles. The Labute approximate surface area is 168 Å². The van der Waals surface area contributed by atoms with Gasteiger partial charge in [0.1, 0.15) is 5.25 Å². The number of thiocarbonyl (C=S) groups is 1. The van der Waals surface area contributed by atoms with E-state index in [1.807, 2.05) is 16.4 Å². The first kappa shape index (κ1) is 18.4. The van der Waals surface area contributed by atoms with Crippen molar-refractivity contribution in [3.63, 3.8) is 0 Å². The molecule has 3 aliphatic heterocycles. The Bertz CT molecular complexity index is 893. The van der Waals surface area contributed by atoms with E-state index in [9.17, 15) is 9.59 Å². The number of aryl methyl sites for hydroxylation is 2. The summed E-state index contributed by atoms with van der Waals surface area (Å²) in [5.41, 5.74) is 4.36. The number of hydrogen-bond donors (Lipinski definition) is 0. The number of likely N-dealkylation sites (tertiary alicyclic amines) is 1. The van der Waals surface area contributed by atoms with E-state index in [4.69, 9.17) is 12.2 Å². The number of carbonyl (C=O) groups is 2. The van der Waals surface area contributed by atoms with Gasteiger partial charge in [-0.1, -0.05) is 18.2 Å². The lowest BCUT2D eigenvalue weighted by atomic mass is 10.1. The molecule has 3 aliphatic rings. The molecule has 7 heteroatoms. The number of rotatable bonds is 4. The molecule has 5 nitrogen and oxygen atoms in total. The van der Waals surface area contributed by atoms with Gasteiger partial charge in [0.2, 0.25) is 16.9 Å². The van der Waals surface area contributed by atoms with Crippen molar-refractivity contribution in [1.29, 1.82) is 0 Å². The monoisotopic (exact) mass is 399 g/mol. The number of thioether (sulfide) groups is 1. The molecular formula is C20H21N3O2S2. The van der Waals surface area contributed by atoms with Crippen molar-refractivity contribution in [2.45, 2.75) is 32.1 Å². The molecule has 2 atom stereocenters. The van der Waals surface area contributed by atoms with E-state index < -0.39 is 0 Å². The molecule has 1 aromatic rings. The molecule has 27 heavy (non-hydrogen) atoms. The normalized spacial score (nSPS) is 24.7. The van der Waals surface area contributed by atoms with Gasteiger partial charge in [0.15, 0.2) is 0 Å². The third kappa shape index (κ3) is 3.58. The highest BCUT2D eigenvalue weighted by Gasteiger charge is 2.39. The molecule has 0 saturated carbocycles. The Kier molecular flexibility index (Phi) is 4.90. The summed E-state index contributed by atoms with van der Waals surface area (Å²) in [6, 6.07) is 6.31. The summed E-state index contributed by atoms with van der Waals surface area (Å²) >= 11 is 6.79. The molecule has 0 radical (unpaired) electrons. The van der Waals surface area contributed by atoms with Crippen molar-refractivity contribution >= 4 is 46.6 Å². The summed E-state index contributed by atoms with van der Waals surface area (Å²) in [6.07, 6.45) is 2.30. The van der Waals surface area contributed by atoms with Gasteiger partial charge in [0.05, 0.1) is 5.71 Å². The van der Waals surface area contributed by atoms with Gasteiger partial charge in [0, 0.05) is 32.0 Å². The van der Waals surface area contributed by atoms with E-state index >= 15 is 0 Å². The Morgan fingerprint density at radius 2 is 2.07 bits per heavy atom. The smallest absolute Gasteiger partial charge is 0.248 e. The van der Waals surface area contributed by atoms with Crippen LogP contribution in [0.25, 0.3) is 0 Å². The standard InChI is InChI=1S/C20H21N3O2S2/c1-12-3-4-14(7-13(12)2)9-22-10-15(8-17(22)24)11-23-19(25)18-16(5-6-27-18)21-20(23)26/h3-7,15,18H,8-11H2,1-2H3. The molecule has 4 rings (SSSR count). The number of allylic oxidation sites excluding steroid dienone is 1. The lowest BCUT2D eigenvalue weighted by Gasteiger charge is -2.30. The van der Waals surface area contributed by atoms with E-state index in [-0.39, 0.29) is 23.0 Å². The quantitative estimate of drug-likeness (QED) is 0.731. The molecule has 0 spiro atoms. The summed E-state index contributed by atoms with van der Waals surface area (Å²) in [6.45, 7) is 5.88. The second-order valence-corrected chi connectivity index (χ2v) is 8.73. The van der Waals surface area contributed by atoms with E-state index in [0.717, 1.165) is 11.3 Å². The maximum Gasteiger partial charge on any atom is 0.248 e. The van der Waals surface area contributed by atoms with Crippen molar-refractivity contribution < 1.29 is 9.59 Å². The van der Waals surface area contributed by atoms with Gasteiger partial charge in [-0.15, -0.1) is 11.8 Å². The number of benzene rings is 1. The highest BCUT2D eigenvalue weighted by atomic mass is 32.2. The molecule has 1 fully saturated rings. The SMILES string of the molecule is Cc1ccc(CN2CC(CN3C(=O)C4SC=CC4=NC3=S)CC2=O)cc1C. The van der Waals surface area contributed by atoms with Crippen LogP contribution in [-0.2, 0) is 16.1 Å². The lowest BCUT2D eigenvalue weighted by molar-refractivity contribution is -0.128. The zero-order chi connectivity index (χ0) is 19.1. The predicted molar refractivity (Wildman–Crippen MR) is 112 cm³/mol. The average Bonchev–Trinajstić information content (AvgIpc) is 3.22. The van der Waals surface area contributed by atoms with Gasteiger partial charge in [0.25, 0.3) is 0 Å². The van der Waals surface area contributed by atoms with Gasteiger partial charge in [-0.2, -0.15) is 0 Å². The number of carbonyl (C=O) groups excluding carboxylic acids is 2. The van der Waals surface area contributed by atoms with E-state index in [1.165, 1.54) is 22.9 Å². The van der Waals surface area contributed by atoms with Gasteiger partial charge in [-0.3, -0.25) is 14.5 Å². The van der Waals surface area contributed by atoms with Crippen molar-refractivity contribution in [3.8, 4) is 0 Å². The zero-order valence-electron chi connectivity index (χ0n) is 15.3. The van der Waals surface area contributed by atoms with Gasteiger partial charge >= 0.3 is 0 Å². The Morgan fingerprint density at radius 3 is 2.85 bits per heavy atom. The molecule has 2 amide bonds. The van der Waals surface area contributed by atoms with Gasteiger partial charge < -0.3 is 4.90 Å². The second kappa shape index (κ2) is 7.20. The maximum absolute atomic E-state index is 12.7. The highest BCUT2D eigenvalue weighted by Crippen LogP contribution is 2.30. The van der Waals surface area contributed by atoms with E-state index in [0.29, 0.717) is 31.2 Å². The zero-order valence-corrected chi connectivity index (χ0v) is 17.0. The molecule has 2 unspecified atom stereocenters. The van der Waals surface area contributed by atoms with Gasteiger partial charge in [-0.25, -0.2) is 4.99 Å². The molecular weight excluding hydrogens is 378 g/mol. The van der Waals surface area contributed by atoms with Crippen LogP contribution in [0.3, 0.4) is 0 Å². The summed E-state index contributed by atoms with van der Waals surface area (Å²) in [4.78, 5) is 33.1. The molecule has 3 heterocycles. The number of aliphatic imine (C=N–C) groups is 1. The Hall–Kier alpha value is -1.99. The Balaban J connectivity index is 1.41. The third-order valence-electron chi connectivity index (χ3n) is 5.35. The van der Waals surface area contributed by atoms with Crippen LogP contribution in [0.15, 0.2) is 34.7 Å². The fourth-order valence-corrected chi connectivity index (χ4v) is 4.87. The van der Waals surface area contributed by atoms with Crippen LogP contribution >= 0.6 is 24.0 Å². The van der Waals surface area contributed by atoms with Crippen molar-refractivity contribution in [3.05, 3.63) is 46.4 Å². The molecule has 1 aromatic carbocycles. The molecule has 140 valence electrons. The van der Waals surface area contributed by atoms with Crippen molar-refractivity contribution in [2.24, 2.45) is 10.9 Å². The lowest BCUT2D eigenvalue weighted by Crippen LogP contribution is -2.48. The van der Waals surface area contributed by atoms with Crippen LogP contribution in [-0.4, -0.2) is 50.8 Å². The van der Waals surface area contributed by atoms with Crippen molar-refractivity contribution in [2.75, 3.05) is 13.1 Å². The minimum absolute atomic E-state index is 0.0138. The largest absolute Gasteiger partial charge is 0.338 e. The van der Waals surface area contributed by atoms with Crippen LogP contribution in [0, 0.1) is 19.8 Å². The van der Waals surface area contributed by atoms with E-state index in [2.05, 4.69) is 37.0 Å². The number of fused-ring (bicyclic) bond motifs is 1. The first-order valence-electron chi connectivity index (χ1n) is 9.02. The Morgan fingerprint density at radius 1 is 1.26 bits per heavy atom. The van der Waals surface area contributed by atoms with Crippen LogP contribution in [0.1, 0.15) is 23.1 Å². The summed E-state index contributed by atoms with van der Waals surface area (Å²) in [5.74, 6) is 0.205.